The van der Waals surface area contributed by atoms with Gasteiger partial charge in [0.25, 0.3) is 0 Å². The average molecular weight is 222 g/mol. The van der Waals surface area contributed by atoms with Crippen molar-refractivity contribution < 1.29 is 4.79 Å². The van der Waals surface area contributed by atoms with Crippen molar-refractivity contribution >= 4 is 5.91 Å². The fourth-order valence-corrected chi connectivity index (χ4v) is 4.05. The van der Waals surface area contributed by atoms with Crippen molar-refractivity contribution in [3.8, 4) is 0 Å². The van der Waals surface area contributed by atoms with E-state index in [9.17, 15) is 4.79 Å². The Hall–Kier alpha value is -0.570. The fraction of sp³-hybridized carbons (Fsp3) is 0.923. The first kappa shape index (κ1) is 10.6. The molecular weight excluding hydrogens is 200 g/mol. The maximum atomic E-state index is 11.9. The lowest BCUT2D eigenvalue weighted by Crippen LogP contribution is -2.41. The Morgan fingerprint density at radius 1 is 1.25 bits per heavy atom. The van der Waals surface area contributed by atoms with Gasteiger partial charge < -0.3 is 11.1 Å². The third-order valence-corrected chi connectivity index (χ3v) is 5.25. The molecule has 3 fully saturated rings. The summed E-state index contributed by atoms with van der Waals surface area (Å²) in [5, 5.41) is 3.22. The molecule has 0 saturated heterocycles. The fourth-order valence-electron chi connectivity index (χ4n) is 4.05. The van der Waals surface area contributed by atoms with Gasteiger partial charge in [-0.3, -0.25) is 4.79 Å². The van der Waals surface area contributed by atoms with E-state index in [1.54, 1.807) is 0 Å². The van der Waals surface area contributed by atoms with Crippen LogP contribution in [0.3, 0.4) is 0 Å². The van der Waals surface area contributed by atoms with Crippen molar-refractivity contribution in [1.29, 1.82) is 0 Å². The van der Waals surface area contributed by atoms with Gasteiger partial charge in [-0.15, -0.1) is 0 Å². The quantitative estimate of drug-likeness (QED) is 0.752. The van der Waals surface area contributed by atoms with E-state index in [-0.39, 0.29) is 17.9 Å². The second-order valence-corrected chi connectivity index (χ2v) is 6.17. The number of hydrogen-bond acceptors (Lipinski definition) is 2. The van der Waals surface area contributed by atoms with Crippen molar-refractivity contribution in [3.05, 3.63) is 0 Å². The summed E-state index contributed by atoms with van der Waals surface area (Å²) >= 11 is 0. The molecule has 3 N–H and O–H groups in total. The molecular formula is C13H22N2O. The number of nitrogens with one attached hydrogen (secondary N) is 1. The highest BCUT2D eigenvalue weighted by atomic mass is 16.2. The summed E-state index contributed by atoms with van der Waals surface area (Å²) in [5.41, 5.74) is 5.75. The molecule has 3 rings (SSSR count). The second kappa shape index (κ2) is 3.46. The van der Waals surface area contributed by atoms with Gasteiger partial charge in [-0.2, -0.15) is 0 Å². The van der Waals surface area contributed by atoms with Gasteiger partial charge in [0, 0.05) is 18.0 Å². The number of nitrogens with two attached hydrogens (primary N) is 1. The van der Waals surface area contributed by atoms with Crippen LogP contribution in [0.25, 0.3) is 0 Å². The zero-order chi connectivity index (χ0) is 11.4. The van der Waals surface area contributed by atoms with Crippen molar-refractivity contribution in [1.82, 2.24) is 5.32 Å². The molecule has 3 saturated carbocycles. The Bertz CT molecular complexity index is 299. The van der Waals surface area contributed by atoms with Crippen LogP contribution in [0.5, 0.6) is 0 Å². The van der Waals surface area contributed by atoms with Gasteiger partial charge in [-0.05, 0) is 49.9 Å². The lowest BCUT2D eigenvalue weighted by Gasteiger charge is -2.17. The molecule has 3 nitrogen and oxygen atoms in total. The highest BCUT2D eigenvalue weighted by molar-refractivity contribution is 5.79. The van der Waals surface area contributed by atoms with E-state index < -0.39 is 0 Å². The van der Waals surface area contributed by atoms with Crippen LogP contribution in [-0.2, 0) is 4.79 Å². The van der Waals surface area contributed by atoms with E-state index in [2.05, 4.69) is 5.32 Å². The van der Waals surface area contributed by atoms with Crippen LogP contribution in [0.2, 0.25) is 0 Å². The molecule has 0 aliphatic heterocycles. The first-order chi connectivity index (χ1) is 7.59. The number of fused-ring (bicyclic) bond motifs is 5. The molecule has 6 atom stereocenters. The molecule has 0 heterocycles. The molecule has 90 valence electrons. The maximum absolute atomic E-state index is 11.9. The van der Waals surface area contributed by atoms with Gasteiger partial charge in [0.15, 0.2) is 0 Å². The number of carbonyl (C=O) groups excluding carboxylic acids is 1. The van der Waals surface area contributed by atoms with Gasteiger partial charge in [-0.1, -0.05) is 6.92 Å². The van der Waals surface area contributed by atoms with Crippen LogP contribution >= 0.6 is 0 Å². The van der Waals surface area contributed by atoms with Crippen LogP contribution in [-0.4, -0.2) is 18.0 Å². The van der Waals surface area contributed by atoms with Crippen molar-refractivity contribution in [3.63, 3.8) is 0 Å². The summed E-state index contributed by atoms with van der Waals surface area (Å²) in [4.78, 5) is 11.9. The zero-order valence-electron chi connectivity index (χ0n) is 10.1. The Labute approximate surface area is 97.2 Å². The Balaban J connectivity index is 1.57. The number of hydrogen-bond donors (Lipinski definition) is 2. The minimum atomic E-state index is -0.0565. The van der Waals surface area contributed by atoms with Crippen molar-refractivity contribution in [2.45, 2.75) is 45.2 Å². The Morgan fingerprint density at radius 3 is 2.31 bits per heavy atom. The zero-order valence-corrected chi connectivity index (χ0v) is 10.1. The lowest BCUT2D eigenvalue weighted by atomic mass is 10.0. The number of rotatable bonds is 3. The van der Waals surface area contributed by atoms with E-state index in [0.717, 1.165) is 23.7 Å². The monoisotopic (exact) mass is 222 g/mol. The third-order valence-electron chi connectivity index (χ3n) is 5.25. The van der Waals surface area contributed by atoms with Crippen molar-refractivity contribution in [2.24, 2.45) is 35.3 Å². The minimum absolute atomic E-state index is 0.0460. The molecule has 16 heavy (non-hydrogen) atoms. The van der Waals surface area contributed by atoms with E-state index in [1.807, 2.05) is 13.8 Å². The summed E-state index contributed by atoms with van der Waals surface area (Å²) in [6.07, 6.45) is 4.24. The normalized spacial score (nSPS) is 47.3. The SMILES string of the molecule is CC(N)C(C)C(=O)NC1C2C3CCC(C3)C12. The molecule has 0 spiro atoms. The predicted octanol–water partition coefficient (Wildman–Crippen LogP) is 1.13. The topological polar surface area (TPSA) is 55.1 Å². The van der Waals surface area contributed by atoms with Gasteiger partial charge >= 0.3 is 0 Å². The highest BCUT2D eigenvalue weighted by Gasteiger charge is 2.65. The lowest BCUT2D eigenvalue weighted by molar-refractivity contribution is -0.125. The van der Waals surface area contributed by atoms with Crippen molar-refractivity contribution in [2.75, 3.05) is 0 Å². The summed E-state index contributed by atoms with van der Waals surface area (Å²) in [6, 6.07) is 0.454. The van der Waals surface area contributed by atoms with Gasteiger partial charge in [0.2, 0.25) is 5.91 Å². The molecule has 0 aromatic heterocycles. The molecule has 1 amide bonds. The van der Waals surface area contributed by atoms with Crippen LogP contribution in [0.4, 0.5) is 0 Å². The Kier molecular flexibility index (Phi) is 2.29. The van der Waals surface area contributed by atoms with E-state index in [1.165, 1.54) is 19.3 Å². The summed E-state index contributed by atoms with van der Waals surface area (Å²) < 4.78 is 0. The standard InChI is InChI=1S/C13H22N2O/c1-6(7(2)14)13(16)15-12-10-8-3-4-9(5-8)11(10)12/h6-12H,3-5,14H2,1-2H3,(H,15,16). The van der Waals surface area contributed by atoms with E-state index >= 15 is 0 Å². The van der Waals surface area contributed by atoms with Crippen LogP contribution in [0.1, 0.15) is 33.1 Å². The van der Waals surface area contributed by atoms with Gasteiger partial charge in [-0.25, -0.2) is 0 Å². The number of amides is 1. The van der Waals surface area contributed by atoms with Gasteiger partial charge in [0.1, 0.15) is 0 Å². The first-order valence-corrected chi connectivity index (χ1v) is 6.65. The molecule has 0 aromatic carbocycles. The molecule has 3 aliphatic carbocycles. The van der Waals surface area contributed by atoms with Gasteiger partial charge in [0.05, 0.1) is 0 Å². The minimum Gasteiger partial charge on any atom is -0.352 e. The van der Waals surface area contributed by atoms with Crippen LogP contribution in [0, 0.1) is 29.6 Å². The van der Waals surface area contributed by atoms with Crippen LogP contribution in [0.15, 0.2) is 0 Å². The molecule has 6 unspecified atom stereocenters. The second-order valence-electron chi connectivity index (χ2n) is 6.17. The third kappa shape index (κ3) is 1.41. The molecule has 0 radical (unpaired) electrons. The summed E-state index contributed by atoms with van der Waals surface area (Å²) in [5.74, 6) is 3.59. The smallest absolute Gasteiger partial charge is 0.224 e. The summed E-state index contributed by atoms with van der Waals surface area (Å²) in [7, 11) is 0. The molecule has 0 aromatic rings. The molecule has 2 bridgehead atoms. The van der Waals surface area contributed by atoms with E-state index in [0.29, 0.717) is 6.04 Å². The largest absolute Gasteiger partial charge is 0.352 e. The molecule has 3 aliphatic rings. The first-order valence-electron chi connectivity index (χ1n) is 6.65. The predicted molar refractivity (Wildman–Crippen MR) is 62.6 cm³/mol. The number of carbonyl (C=O) groups is 1. The maximum Gasteiger partial charge on any atom is 0.224 e. The highest BCUT2D eigenvalue weighted by Crippen LogP contribution is 2.65. The van der Waals surface area contributed by atoms with E-state index in [4.69, 9.17) is 5.73 Å². The van der Waals surface area contributed by atoms with Crippen LogP contribution < -0.4 is 11.1 Å². The molecule has 3 heteroatoms. The Morgan fingerprint density at radius 2 is 1.81 bits per heavy atom. The average Bonchev–Trinajstić information content (AvgIpc) is 2.67. The summed E-state index contributed by atoms with van der Waals surface area (Å²) in [6.45, 7) is 3.83.